The first-order valence-electron chi connectivity index (χ1n) is 7.04. The van der Waals surface area contributed by atoms with Crippen LogP contribution in [0.2, 0.25) is 0 Å². The van der Waals surface area contributed by atoms with Crippen LogP contribution >= 0.6 is 0 Å². The van der Waals surface area contributed by atoms with Crippen molar-refractivity contribution in [1.82, 2.24) is 5.32 Å². The Bertz CT molecular complexity index is 227. The molecule has 94 valence electrons. The van der Waals surface area contributed by atoms with Gasteiger partial charge in [-0.3, -0.25) is 0 Å². The minimum absolute atomic E-state index is 0.508. The molecule has 0 aromatic rings. The summed E-state index contributed by atoms with van der Waals surface area (Å²) < 4.78 is 0. The summed E-state index contributed by atoms with van der Waals surface area (Å²) in [5.41, 5.74) is -0.508. The third-order valence-corrected chi connectivity index (χ3v) is 4.59. The van der Waals surface area contributed by atoms with Gasteiger partial charge in [0.1, 0.15) is 0 Å². The van der Waals surface area contributed by atoms with Crippen molar-refractivity contribution in [2.45, 2.75) is 58.0 Å². The molecule has 0 aromatic carbocycles. The summed E-state index contributed by atoms with van der Waals surface area (Å²) in [5, 5.41) is 13.5. The highest BCUT2D eigenvalue weighted by atomic mass is 16.3. The number of fused-ring (bicyclic) bond motifs is 2. The molecular weight excluding hydrogens is 198 g/mol. The molecule has 4 atom stereocenters. The van der Waals surface area contributed by atoms with Crippen LogP contribution in [0.1, 0.15) is 52.4 Å². The van der Waals surface area contributed by atoms with E-state index in [9.17, 15) is 5.11 Å². The highest BCUT2D eigenvalue weighted by molar-refractivity contribution is 4.91. The molecule has 4 unspecified atom stereocenters. The van der Waals surface area contributed by atoms with Crippen molar-refractivity contribution < 1.29 is 5.11 Å². The second kappa shape index (κ2) is 5.05. The van der Waals surface area contributed by atoms with Crippen molar-refractivity contribution in [3.8, 4) is 0 Å². The highest BCUT2D eigenvalue weighted by Crippen LogP contribution is 2.47. The molecule has 2 bridgehead atoms. The summed E-state index contributed by atoms with van der Waals surface area (Å²) >= 11 is 0. The van der Waals surface area contributed by atoms with Crippen molar-refractivity contribution >= 4 is 0 Å². The average Bonchev–Trinajstić information content (AvgIpc) is 2.78. The lowest BCUT2D eigenvalue weighted by molar-refractivity contribution is 0.0485. The lowest BCUT2D eigenvalue weighted by Gasteiger charge is -2.26. The molecule has 2 aliphatic carbocycles. The first kappa shape index (κ1) is 12.4. The van der Waals surface area contributed by atoms with Crippen LogP contribution in [0, 0.1) is 17.8 Å². The summed E-state index contributed by atoms with van der Waals surface area (Å²) in [4.78, 5) is 0. The maximum Gasteiger partial charge on any atom is 0.0743 e. The SMILES string of the molecule is CCCC(C)(O)CNCC1CC2CCC1C2. The Labute approximate surface area is 99.8 Å². The van der Waals surface area contributed by atoms with Crippen LogP contribution in [0.5, 0.6) is 0 Å². The first-order valence-corrected chi connectivity index (χ1v) is 7.04. The van der Waals surface area contributed by atoms with Crippen LogP contribution in [0.3, 0.4) is 0 Å². The van der Waals surface area contributed by atoms with Gasteiger partial charge in [0, 0.05) is 6.54 Å². The molecule has 2 fully saturated rings. The van der Waals surface area contributed by atoms with Gasteiger partial charge in [-0.1, -0.05) is 19.8 Å². The molecule has 0 amide bonds. The summed E-state index contributed by atoms with van der Waals surface area (Å²) in [7, 11) is 0. The van der Waals surface area contributed by atoms with E-state index >= 15 is 0 Å². The van der Waals surface area contributed by atoms with E-state index in [0.717, 1.165) is 43.7 Å². The average molecular weight is 225 g/mol. The van der Waals surface area contributed by atoms with E-state index in [1.54, 1.807) is 0 Å². The quantitative estimate of drug-likeness (QED) is 0.728. The lowest BCUT2D eigenvalue weighted by atomic mass is 9.88. The first-order chi connectivity index (χ1) is 7.61. The van der Waals surface area contributed by atoms with E-state index in [4.69, 9.17) is 0 Å². The van der Waals surface area contributed by atoms with Gasteiger partial charge in [-0.2, -0.15) is 0 Å². The van der Waals surface area contributed by atoms with Crippen LogP contribution in [-0.2, 0) is 0 Å². The van der Waals surface area contributed by atoms with Crippen molar-refractivity contribution in [3.63, 3.8) is 0 Å². The summed E-state index contributed by atoms with van der Waals surface area (Å²) in [6.07, 6.45) is 7.82. The minimum atomic E-state index is -0.508. The molecule has 2 aliphatic rings. The molecule has 0 heterocycles. The molecular formula is C14H27NO. The van der Waals surface area contributed by atoms with Gasteiger partial charge in [0.05, 0.1) is 5.60 Å². The number of rotatable bonds is 6. The predicted molar refractivity (Wildman–Crippen MR) is 67.3 cm³/mol. The monoisotopic (exact) mass is 225 g/mol. The summed E-state index contributed by atoms with van der Waals surface area (Å²) in [5.74, 6) is 2.93. The molecule has 0 aromatic heterocycles. The second-order valence-corrected chi connectivity index (χ2v) is 6.31. The van der Waals surface area contributed by atoms with Gasteiger partial charge in [-0.15, -0.1) is 0 Å². The van der Waals surface area contributed by atoms with Crippen LogP contribution in [0.25, 0.3) is 0 Å². The van der Waals surface area contributed by atoms with E-state index in [0.29, 0.717) is 0 Å². The fraction of sp³-hybridized carbons (Fsp3) is 1.00. The van der Waals surface area contributed by atoms with E-state index in [1.807, 2.05) is 6.92 Å². The van der Waals surface area contributed by atoms with Gasteiger partial charge >= 0.3 is 0 Å². The van der Waals surface area contributed by atoms with E-state index in [-0.39, 0.29) is 0 Å². The van der Waals surface area contributed by atoms with Crippen LogP contribution in [0.15, 0.2) is 0 Å². The topological polar surface area (TPSA) is 32.3 Å². The molecule has 2 rings (SSSR count). The second-order valence-electron chi connectivity index (χ2n) is 6.31. The molecule has 2 saturated carbocycles. The van der Waals surface area contributed by atoms with Crippen LogP contribution < -0.4 is 5.32 Å². The normalized spacial score (nSPS) is 36.6. The molecule has 16 heavy (non-hydrogen) atoms. The Kier molecular flexibility index (Phi) is 3.91. The fourth-order valence-electron chi connectivity index (χ4n) is 3.78. The zero-order valence-electron chi connectivity index (χ0n) is 10.8. The van der Waals surface area contributed by atoms with Crippen molar-refractivity contribution in [1.29, 1.82) is 0 Å². The predicted octanol–water partition coefficient (Wildman–Crippen LogP) is 2.56. The molecule has 2 nitrogen and oxygen atoms in total. The number of hydrogen-bond donors (Lipinski definition) is 2. The standard InChI is InChI=1S/C14H27NO/c1-3-6-14(2,16)10-15-9-13-8-11-4-5-12(13)7-11/h11-13,15-16H,3-10H2,1-2H3. The fourth-order valence-corrected chi connectivity index (χ4v) is 3.78. The largest absolute Gasteiger partial charge is 0.389 e. The Balaban J connectivity index is 1.65. The Hall–Kier alpha value is -0.0800. The van der Waals surface area contributed by atoms with Gasteiger partial charge in [0.25, 0.3) is 0 Å². The molecule has 0 aliphatic heterocycles. The molecule has 0 radical (unpaired) electrons. The number of nitrogens with one attached hydrogen (secondary N) is 1. The third-order valence-electron chi connectivity index (χ3n) is 4.59. The molecule has 0 saturated heterocycles. The number of aliphatic hydroxyl groups is 1. The van der Waals surface area contributed by atoms with E-state index < -0.39 is 5.60 Å². The molecule has 2 N–H and O–H groups in total. The Morgan fingerprint density at radius 2 is 2.12 bits per heavy atom. The van der Waals surface area contributed by atoms with Crippen molar-refractivity contribution in [2.75, 3.05) is 13.1 Å². The van der Waals surface area contributed by atoms with Crippen molar-refractivity contribution in [3.05, 3.63) is 0 Å². The van der Waals surface area contributed by atoms with E-state index in [1.165, 1.54) is 25.7 Å². The van der Waals surface area contributed by atoms with Crippen LogP contribution in [-0.4, -0.2) is 23.8 Å². The number of hydrogen-bond acceptors (Lipinski definition) is 2. The molecule has 2 heteroatoms. The lowest BCUT2D eigenvalue weighted by Crippen LogP contribution is -2.40. The van der Waals surface area contributed by atoms with E-state index in [2.05, 4.69) is 12.2 Å². The Morgan fingerprint density at radius 1 is 1.31 bits per heavy atom. The maximum absolute atomic E-state index is 10.1. The van der Waals surface area contributed by atoms with Gasteiger partial charge in [0.15, 0.2) is 0 Å². The summed E-state index contributed by atoms with van der Waals surface area (Å²) in [6.45, 7) is 5.96. The van der Waals surface area contributed by atoms with Gasteiger partial charge in [-0.25, -0.2) is 0 Å². The zero-order valence-corrected chi connectivity index (χ0v) is 10.8. The third kappa shape index (κ3) is 2.98. The van der Waals surface area contributed by atoms with Crippen LogP contribution in [0.4, 0.5) is 0 Å². The minimum Gasteiger partial charge on any atom is -0.389 e. The van der Waals surface area contributed by atoms with Crippen molar-refractivity contribution in [2.24, 2.45) is 17.8 Å². The Morgan fingerprint density at radius 3 is 2.69 bits per heavy atom. The maximum atomic E-state index is 10.1. The smallest absolute Gasteiger partial charge is 0.0743 e. The zero-order chi connectivity index (χ0) is 11.6. The van der Waals surface area contributed by atoms with Gasteiger partial charge < -0.3 is 10.4 Å². The highest BCUT2D eigenvalue weighted by Gasteiger charge is 2.39. The molecule has 0 spiro atoms. The van der Waals surface area contributed by atoms with Gasteiger partial charge in [-0.05, 0) is 56.9 Å². The summed E-state index contributed by atoms with van der Waals surface area (Å²) in [6, 6.07) is 0. The van der Waals surface area contributed by atoms with Gasteiger partial charge in [0.2, 0.25) is 0 Å².